The van der Waals surface area contributed by atoms with E-state index < -0.39 is 11.9 Å². The van der Waals surface area contributed by atoms with E-state index in [2.05, 4.69) is 10.3 Å². The van der Waals surface area contributed by atoms with E-state index in [1.807, 2.05) is 6.92 Å². The van der Waals surface area contributed by atoms with Gasteiger partial charge in [0.05, 0.1) is 11.7 Å². The lowest BCUT2D eigenvalue weighted by Gasteiger charge is -2.14. The SMILES string of the molecule is CC(O)CC(C)CNC(=O)c1c[nH]c2cccc(F)c12. The Morgan fingerprint density at radius 1 is 1.45 bits per heavy atom. The third-order valence-electron chi connectivity index (χ3n) is 3.25. The predicted octanol–water partition coefficient (Wildman–Crippen LogP) is 2.44. The van der Waals surface area contributed by atoms with Crippen LogP contribution < -0.4 is 5.32 Å². The van der Waals surface area contributed by atoms with Gasteiger partial charge in [-0.05, 0) is 31.4 Å². The van der Waals surface area contributed by atoms with Crippen molar-refractivity contribution < 1.29 is 14.3 Å². The fraction of sp³-hybridized carbons (Fsp3) is 0.400. The number of halogens is 1. The van der Waals surface area contributed by atoms with Crippen LogP contribution in [0.2, 0.25) is 0 Å². The minimum Gasteiger partial charge on any atom is -0.393 e. The molecule has 2 atom stereocenters. The summed E-state index contributed by atoms with van der Waals surface area (Å²) in [5, 5.41) is 12.4. The van der Waals surface area contributed by atoms with Crippen molar-refractivity contribution in [3.05, 3.63) is 35.8 Å². The van der Waals surface area contributed by atoms with Gasteiger partial charge in [0.15, 0.2) is 0 Å². The van der Waals surface area contributed by atoms with E-state index in [-0.39, 0.29) is 11.8 Å². The summed E-state index contributed by atoms with van der Waals surface area (Å²) in [6.45, 7) is 4.11. The molecule has 0 aliphatic heterocycles. The summed E-state index contributed by atoms with van der Waals surface area (Å²) in [6.07, 6.45) is 1.73. The van der Waals surface area contributed by atoms with Crippen molar-refractivity contribution in [1.82, 2.24) is 10.3 Å². The van der Waals surface area contributed by atoms with Gasteiger partial charge in [-0.3, -0.25) is 4.79 Å². The highest BCUT2D eigenvalue weighted by Gasteiger charge is 2.16. The van der Waals surface area contributed by atoms with Crippen molar-refractivity contribution in [3.63, 3.8) is 0 Å². The van der Waals surface area contributed by atoms with Gasteiger partial charge in [0, 0.05) is 23.6 Å². The maximum absolute atomic E-state index is 13.8. The number of amides is 1. The zero-order valence-electron chi connectivity index (χ0n) is 11.6. The summed E-state index contributed by atoms with van der Waals surface area (Å²) in [4.78, 5) is 15.0. The van der Waals surface area contributed by atoms with Crippen LogP contribution in [0.15, 0.2) is 24.4 Å². The van der Waals surface area contributed by atoms with Crippen LogP contribution in [0.1, 0.15) is 30.6 Å². The molecule has 0 saturated carbocycles. The van der Waals surface area contributed by atoms with Crippen LogP contribution in [-0.4, -0.2) is 28.6 Å². The van der Waals surface area contributed by atoms with Gasteiger partial charge in [0.1, 0.15) is 5.82 Å². The number of aromatic nitrogens is 1. The van der Waals surface area contributed by atoms with Crippen LogP contribution in [0, 0.1) is 11.7 Å². The lowest BCUT2D eigenvalue weighted by atomic mass is 10.0. The van der Waals surface area contributed by atoms with Crippen LogP contribution in [0.25, 0.3) is 10.9 Å². The Kier molecular flexibility index (Phi) is 4.39. The number of rotatable bonds is 5. The number of hydrogen-bond donors (Lipinski definition) is 3. The third-order valence-corrected chi connectivity index (χ3v) is 3.25. The minimum absolute atomic E-state index is 0.161. The minimum atomic E-state index is -0.411. The zero-order valence-corrected chi connectivity index (χ0v) is 11.6. The molecule has 4 nitrogen and oxygen atoms in total. The maximum atomic E-state index is 13.8. The summed E-state index contributed by atoms with van der Waals surface area (Å²) < 4.78 is 13.8. The predicted molar refractivity (Wildman–Crippen MR) is 76.1 cm³/mol. The van der Waals surface area contributed by atoms with Gasteiger partial charge in [0.2, 0.25) is 0 Å². The first-order valence-corrected chi connectivity index (χ1v) is 6.71. The molecule has 2 aromatic rings. The van der Waals surface area contributed by atoms with Crippen molar-refractivity contribution >= 4 is 16.8 Å². The van der Waals surface area contributed by atoms with E-state index in [0.29, 0.717) is 29.4 Å². The number of aliphatic hydroxyl groups is 1. The smallest absolute Gasteiger partial charge is 0.253 e. The van der Waals surface area contributed by atoms with Crippen LogP contribution in [-0.2, 0) is 0 Å². The molecule has 1 heterocycles. The molecule has 0 bridgehead atoms. The second-order valence-corrected chi connectivity index (χ2v) is 5.26. The standard InChI is InChI=1S/C15H19FN2O2/c1-9(6-10(2)19)7-18-15(20)11-8-17-13-5-3-4-12(16)14(11)13/h3-5,8-10,17,19H,6-7H2,1-2H3,(H,18,20). The quantitative estimate of drug-likeness (QED) is 0.786. The van der Waals surface area contributed by atoms with Gasteiger partial charge in [-0.15, -0.1) is 0 Å². The molecule has 1 amide bonds. The van der Waals surface area contributed by atoms with Gasteiger partial charge >= 0.3 is 0 Å². The highest BCUT2D eigenvalue weighted by molar-refractivity contribution is 6.06. The first-order chi connectivity index (χ1) is 9.49. The normalized spacial score (nSPS) is 14.2. The highest BCUT2D eigenvalue weighted by Crippen LogP contribution is 2.21. The molecule has 108 valence electrons. The molecular formula is C15H19FN2O2. The molecule has 0 radical (unpaired) electrons. The first-order valence-electron chi connectivity index (χ1n) is 6.71. The monoisotopic (exact) mass is 278 g/mol. The molecule has 0 aliphatic rings. The molecule has 1 aromatic heterocycles. The Morgan fingerprint density at radius 2 is 2.20 bits per heavy atom. The number of aliphatic hydroxyl groups excluding tert-OH is 1. The van der Waals surface area contributed by atoms with Gasteiger partial charge in [0.25, 0.3) is 5.91 Å². The zero-order chi connectivity index (χ0) is 14.7. The van der Waals surface area contributed by atoms with Gasteiger partial charge in [-0.1, -0.05) is 13.0 Å². The Bertz CT molecular complexity index is 607. The van der Waals surface area contributed by atoms with Crippen molar-refractivity contribution in [1.29, 1.82) is 0 Å². The molecular weight excluding hydrogens is 259 g/mol. The summed E-state index contributed by atoms with van der Waals surface area (Å²) >= 11 is 0. The van der Waals surface area contributed by atoms with Crippen LogP contribution in [0.3, 0.4) is 0 Å². The number of carbonyl (C=O) groups is 1. The van der Waals surface area contributed by atoms with Crippen LogP contribution in [0.5, 0.6) is 0 Å². The highest BCUT2D eigenvalue weighted by atomic mass is 19.1. The molecule has 2 rings (SSSR count). The van der Waals surface area contributed by atoms with E-state index in [4.69, 9.17) is 0 Å². The van der Waals surface area contributed by atoms with Crippen LogP contribution >= 0.6 is 0 Å². The fourth-order valence-corrected chi connectivity index (χ4v) is 2.35. The summed E-state index contributed by atoms with van der Waals surface area (Å²) in [5.41, 5.74) is 0.912. The number of H-pyrrole nitrogens is 1. The molecule has 0 saturated heterocycles. The van der Waals surface area contributed by atoms with Gasteiger partial charge in [-0.2, -0.15) is 0 Å². The van der Waals surface area contributed by atoms with E-state index in [9.17, 15) is 14.3 Å². The van der Waals surface area contributed by atoms with E-state index in [1.165, 1.54) is 12.3 Å². The Morgan fingerprint density at radius 3 is 2.90 bits per heavy atom. The van der Waals surface area contributed by atoms with Gasteiger partial charge in [-0.25, -0.2) is 4.39 Å². The molecule has 2 unspecified atom stereocenters. The van der Waals surface area contributed by atoms with E-state index >= 15 is 0 Å². The van der Waals surface area contributed by atoms with Gasteiger partial charge < -0.3 is 15.4 Å². The second-order valence-electron chi connectivity index (χ2n) is 5.26. The van der Waals surface area contributed by atoms with Crippen molar-refractivity contribution in [2.24, 2.45) is 5.92 Å². The molecule has 5 heteroatoms. The Labute approximate surface area is 117 Å². The Hall–Kier alpha value is -1.88. The maximum Gasteiger partial charge on any atom is 0.253 e. The molecule has 3 N–H and O–H groups in total. The molecule has 0 fully saturated rings. The molecule has 0 aliphatic carbocycles. The molecule has 0 spiro atoms. The van der Waals surface area contributed by atoms with E-state index in [1.54, 1.807) is 19.1 Å². The largest absolute Gasteiger partial charge is 0.393 e. The number of aromatic amines is 1. The number of carbonyl (C=O) groups excluding carboxylic acids is 1. The number of benzene rings is 1. The van der Waals surface area contributed by atoms with Crippen molar-refractivity contribution in [2.45, 2.75) is 26.4 Å². The number of nitrogens with one attached hydrogen (secondary N) is 2. The second kappa shape index (κ2) is 6.05. The lowest BCUT2D eigenvalue weighted by Crippen LogP contribution is -2.29. The molecule has 20 heavy (non-hydrogen) atoms. The summed E-state index contributed by atoms with van der Waals surface area (Å²) in [6, 6.07) is 4.66. The van der Waals surface area contributed by atoms with Crippen molar-refractivity contribution in [3.8, 4) is 0 Å². The average Bonchev–Trinajstić information content (AvgIpc) is 2.80. The first kappa shape index (κ1) is 14.5. The topological polar surface area (TPSA) is 65.1 Å². The van der Waals surface area contributed by atoms with E-state index in [0.717, 1.165) is 0 Å². The number of fused-ring (bicyclic) bond motifs is 1. The Balaban J connectivity index is 2.08. The average molecular weight is 278 g/mol. The van der Waals surface area contributed by atoms with Crippen molar-refractivity contribution in [2.75, 3.05) is 6.54 Å². The fourth-order valence-electron chi connectivity index (χ4n) is 2.35. The lowest BCUT2D eigenvalue weighted by molar-refractivity contribution is 0.0941. The molecule has 1 aromatic carbocycles. The third kappa shape index (κ3) is 3.17. The summed E-state index contributed by atoms with van der Waals surface area (Å²) in [5.74, 6) is -0.557. The number of hydrogen-bond acceptors (Lipinski definition) is 2. The summed E-state index contributed by atoms with van der Waals surface area (Å²) in [7, 11) is 0. The van der Waals surface area contributed by atoms with Crippen LogP contribution in [0.4, 0.5) is 4.39 Å².